The van der Waals surface area contributed by atoms with Gasteiger partial charge in [-0.1, -0.05) is 23.8 Å². The maximum absolute atomic E-state index is 12.7. The third kappa shape index (κ3) is 4.88. The van der Waals surface area contributed by atoms with Crippen LogP contribution in [-0.2, 0) is 19.1 Å². The number of morpholine rings is 1. The fourth-order valence-corrected chi connectivity index (χ4v) is 3.71. The topological polar surface area (TPSA) is 116 Å². The second kappa shape index (κ2) is 9.49. The van der Waals surface area contributed by atoms with E-state index in [9.17, 15) is 23.9 Å². The van der Waals surface area contributed by atoms with E-state index in [2.05, 4.69) is 5.32 Å². The van der Waals surface area contributed by atoms with E-state index in [4.69, 9.17) is 21.4 Å². The lowest BCUT2D eigenvalue weighted by Crippen LogP contribution is -2.55. The third-order valence-corrected chi connectivity index (χ3v) is 5.34. The van der Waals surface area contributed by atoms with Gasteiger partial charge < -0.3 is 25.2 Å². The molecular formula is C21H22ClFN2O6. The first kappa shape index (κ1) is 22.8. The van der Waals surface area contributed by atoms with E-state index < -0.39 is 48.5 Å². The van der Waals surface area contributed by atoms with E-state index in [1.807, 2.05) is 13.0 Å². The molecule has 4 aliphatic rings. The highest BCUT2D eigenvalue weighted by molar-refractivity contribution is 6.30. The zero-order valence-corrected chi connectivity index (χ0v) is 17.4. The molecule has 3 unspecified atom stereocenters. The number of hydrogen-bond donors (Lipinski definition) is 3. The summed E-state index contributed by atoms with van der Waals surface area (Å²) in [6.45, 7) is 1.80. The molecule has 0 aromatic rings. The van der Waals surface area contributed by atoms with Crippen molar-refractivity contribution >= 4 is 29.4 Å². The number of cyclic esters (lactones) is 1. The Bertz CT molecular complexity index is 952. The number of esters is 1. The lowest BCUT2D eigenvalue weighted by molar-refractivity contribution is -0.170. The molecule has 2 fully saturated rings. The molecule has 3 heterocycles. The van der Waals surface area contributed by atoms with Crippen LogP contribution in [0.1, 0.15) is 13.3 Å². The Labute approximate surface area is 183 Å². The molecule has 1 aliphatic carbocycles. The average Bonchev–Trinajstić information content (AvgIpc) is 2.94. The number of allylic oxidation sites excluding steroid dienone is 6. The van der Waals surface area contributed by atoms with Gasteiger partial charge in [-0.05, 0) is 42.7 Å². The summed E-state index contributed by atoms with van der Waals surface area (Å²) in [5, 5.41) is 22.0. The second-order valence-electron chi connectivity index (χ2n) is 7.29. The quantitative estimate of drug-likeness (QED) is 0.517. The molecule has 10 heteroatoms. The van der Waals surface area contributed by atoms with Crippen LogP contribution in [0.3, 0.4) is 0 Å². The first-order valence-corrected chi connectivity index (χ1v) is 10.0. The number of alkyl halides is 1. The minimum Gasteiger partial charge on any atom is -0.502 e. The van der Waals surface area contributed by atoms with Gasteiger partial charge in [0.1, 0.15) is 12.1 Å². The lowest BCUT2D eigenvalue weighted by atomic mass is 9.96. The molecular weight excluding hydrogens is 431 g/mol. The van der Waals surface area contributed by atoms with Crippen LogP contribution in [0, 0.1) is 0 Å². The number of amides is 2. The van der Waals surface area contributed by atoms with E-state index in [0.717, 1.165) is 10.5 Å². The van der Waals surface area contributed by atoms with Crippen molar-refractivity contribution in [3.05, 3.63) is 57.9 Å². The van der Waals surface area contributed by atoms with Crippen molar-refractivity contribution in [1.82, 2.24) is 10.2 Å². The summed E-state index contributed by atoms with van der Waals surface area (Å²) in [4.78, 5) is 37.3. The molecule has 166 valence electrons. The number of nitrogens with one attached hydrogen (secondary N) is 1. The highest BCUT2D eigenvalue weighted by Crippen LogP contribution is 2.29. The summed E-state index contributed by atoms with van der Waals surface area (Å²) in [5.74, 6) is -2.70. The third-order valence-electron chi connectivity index (χ3n) is 5.02. The van der Waals surface area contributed by atoms with Gasteiger partial charge in [0, 0.05) is 6.54 Å². The molecule has 0 aromatic heterocycles. The molecule has 2 saturated heterocycles. The van der Waals surface area contributed by atoms with Gasteiger partial charge in [-0.25, -0.2) is 9.18 Å². The number of carbonyl (C=O) groups excluding carboxylic acids is 3. The van der Waals surface area contributed by atoms with Crippen molar-refractivity contribution in [1.29, 1.82) is 0 Å². The van der Waals surface area contributed by atoms with Crippen LogP contribution in [0.25, 0.3) is 0 Å². The Balaban J connectivity index is 0.000000229. The fourth-order valence-electron chi connectivity index (χ4n) is 3.47. The number of carbonyl (C=O) groups is 3. The van der Waals surface area contributed by atoms with Gasteiger partial charge in [-0.3, -0.25) is 9.59 Å². The number of nitrogens with zero attached hydrogens (tertiary/aromatic N) is 1. The van der Waals surface area contributed by atoms with Crippen molar-refractivity contribution in [2.45, 2.75) is 31.7 Å². The van der Waals surface area contributed by atoms with E-state index in [-0.39, 0.29) is 17.2 Å². The van der Waals surface area contributed by atoms with Gasteiger partial charge in [-0.15, -0.1) is 0 Å². The molecule has 4 rings (SSSR count). The van der Waals surface area contributed by atoms with Gasteiger partial charge in [0.25, 0.3) is 11.8 Å². The minimum atomic E-state index is -1.13. The van der Waals surface area contributed by atoms with Gasteiger partial charge in [0.15, 0.2) is 11.9 Å². The molecule has 0 spiro atoms. The number of fused-ring (bicyclic) bond motifs is 2. The Hall–Kier alpha value is -2.91. The molecule has 2 amide bonds. The monoisotopic (exact) mass is 452 g/mol. The molecule has 31 heavy (non-hydrogen) atoms. The highest BCUT2D eigenvalue weighted by Gasteiger charge is 2.43. The molecule has 0 radical (unpaired) electrons. The van der Waals surface area contributed by atoms with Crippen LogP contribution in [0.5, 0.6) is 0 Å². The second-order valence-corrected chi connectivity index (χ2v) is 7.73. The van der Waals surface area contributed by atoms with Crippen molar-refractivity contribution in [3.63, 3.8) is 0 Å². The lowest BCUT2D eigenvalue weighted by Gasteiger charge is -2.35. The normalized spacial score (nSPS) is 27.9. The molecule has 8 nitrogen and oxygen atoms in total. The van der Waals surface area contributed by atoms with Crippen LogP contribution < -0.4 is 5.32 Å². The largest absolute Gasteiger partial charge is 0.502 e. The first-order chi connectivity index (χ1) is 14.7. The Morgan fingerprint density at radius 1 is 1.35 bits per heavy atom. The van der Waals surface area contributed by atoms with E-state index >= 15 is 0 Å². The van der Waals surface area contributed by atoms with Gasteiger partial charge in [-0.2, -0.15) is 0 Å². The summed E-state index contributed by atoms with van der Waals surface area (Å²) in [6.07, 6.45) is 6.48. The van der Waals surface area contributed by atoms with Crippen LogP contribution >= 0.6 is 11.6 Å². The standard InChI is InChI=1S/C13H14N2O6.C8H8ClF/c16-5-7-4-15-8(13(20)21-7)3-6-1-2-14-11(18)9(6)10(17)12(15)19;1-6-3-2-4-8(10)7(9)5-6/h3,7-8,16-17H,1-2,4-5H2,(H,14,18);2-5,8H,1H3. The van der Waals surface area contributed by atoms with Gasteiger partial charge in [0.05, 0.1) is 23.8 Å². The molecule has 3 N–H and O–H groups in total. The van der Waals surface area contributed by atoms with Crippen molar-refractivity contribution in [3.8, 4) is 0 Å². The van der Waals surface area contributed by atoms with E-state index in [1.54, 1.807) is 12.2 Å². The van der Waals surface area contributed by atoms with E-state index in [1.165, 1.54) is 12.2 Å². The highest BCUT2D eigenvalue weighted by atomic mass is 35.5. The predicted molar refractivity (Wildman–Crippen MR) is 110 cm³/mol. The molecule has 0 aromatic carbocycles. The van der Waals surface area contributed by atoms with Crippen molar-refractivity contribution < 1.29 is 33.7 Å². The number of aliphatic hydroxyl groups excluding tert-OH is 2. The fraction of sp³-hybridized carbons (Fsp3) is 0.381. The molecule has 3 atom stereocenters. The van der Waals surface area contributed by atoms with Crippen LogP contribution in [0.2, 0.25) is 0 Å². The molecule has 3 aliphatic heterocycles. The average molecular weight is 453 g/mol. The summed E-state index contributed by atoms with van der Waals surface area (Å²) in [7, 11) is 0. The van der Waals surface area contributed by atoms with Gasteiger partial charge >= 0.3 is 5.97 Å². The Morgan fingerprint density at radius 3 is 2.81 bits per heavy atom. The van der Waals surface area contributed by atoms with Gasteiger partial charge in [0.2, 0.25) is 0 Å². The first-order valence-electron chi connectivity index (χ1n) is 9.64. The van der Waals surface area contributed by atoms with Crippen molar-refractivity contribution in [2.75, 3.05) is 19.7 Å². The maximum Gasteiger partial charge on any atom is 0.333 e. The van der Waals surface area contributed by atoms with Crippen LogP contribution in [-0.4, -0.2) is 70.9 Å². The maximum atomic E-state index is 12.7. The number of hydrogen-bond acceptors (Lipinski definition) is 6. The summed E-state index contributed by atoms with van der Waals surface area (Å²) in [5.41, 5.74) is 1.34. The number of piperidine rings is 1. The SMILES string of the molecule is CC1=CC=CC(F)C(Cl)=C1.O=C1NCCC2=CC3C(=O)OC(CO)CN3C(=O)C(O)=C12. The Morgan fingerprint density at radius 2 is 2.10 bits per heavy atom. The number of aliphatic hydroxyl groups is 2. The molecule has 0 bridgehead atoms. The summed E-state index contributed by atoms with van der Waals surface area (Å²) >= 11 is 5.56. The minimum absolute atomic E-state index is 0.0333. The number of halogens is 2. The van der Waals surface area contributed by atoms with Crippen LogP contribution in [0.15, 0.2) is 57.9 Å². The summed E-state index contributed by atoms with van der Waals surface area (Å²) < 4.78 is 17.7. The summed E-state index contributed by atoms with van der Waals surface area (Å²) in [6, 6.07) is -0.985. The smallest absolute Gasteiger partial charge is 0.333 e. The Kier molecular flexibility index (Phi) is 6.97. The number of rotatable bonds is 1. The predicted octanol–water partition coefficient (Wildman–Crippen LogP) is 1.34. The van der Waals surface area contributed by atoms with Crippen LogP contribution in [0.4, 0.5) is 4.39 Å². The number of ether oxygens (including phenoxy) is 1. The zero-order valence-electron chi connectivity index (χ0n) is 16.7. The van der Waals surface area contributed by atoms with E-state index in [0.29, 0.717) is 18.5 Å². The van der Waals surface area contributed by atoms with Crippen molar-refractivity contribution in [2.24, 2.45) is 0 Å². The molecule has 0 saturated carbocycles. The zero-order chi connectivity index (χ0) is 22.7.